The summed E-state index contributed by atoms with van der Waals surface area (Å²) < 4.78 is 16.8. The third-order valence-electron chi connectivity index (χ3n) is 4.38. The molecule has 34 heavy (non-hydrogen) atoms. The summed E-state index contributed by atoms with van der Waals surface area (Å²) in [5.41, 5.74) is -1.94. The van der Waals surface area contributed by atoms with Gasteiger partial charge in [0, 0.05) is 6.07 Å². The van der Waals surface area contributed by atoms with Crippen LogP contribution in [-0.4, -0.2) is 47.1 Å². The van der Waals surface area contributed by atoms with E-state index in [1.54, 1.807) is 37.4 Å². The molecule has 1 atom stereocenters. The summed E-state index contributed by atoms with van der Waals surface area (Å²) in [6.07, 6.45) is 1.68. The van der Waals surface area contributed by atoms with Gasteiger partial charge in [0.2, 0.25) is 5.71 Å². The van der Waals surface area contributed by atoms with Crippen molar-refractivity contribution in [3.05, 3.63) is 75.8 Å². The number of nitrogens with zero attached hydrogens (tertiary/aromatic N) is 4. The van der Waals surface area contributed by atoms with E-state index >= 15 is 0 Å². The van der Waals surface area contributed by atoms with Crippen LogP contribution >= 0.6 is 11.8 Å². The fraction of sp³-hybridized carbons (Fsp3) is 0.227. The van der Waals surface area contributed by atoms with Gasteiger partial charge >= 0.3 is 17.5 Å². The lowest BCUT2D eigenvalue weighted by atomic mass is 10.2. The van der Waals surface area contributed by atoms with Gasteiger partial charge in [-0.3, -0.25) is 15.0 Å². The Bertz CT molecular complexity index is 1180. The second kappa shape index (κ2) is 11.2. The minimum Gasteiger partial charge on any atom is -0.461 e. The van der Waals surface area contributed by atoms with Crippen LogP contribution in [0.15, 0.2) is 65.1 Å². The normalized spacial score (nSPS) is 15.3. The number of thioether (sulfide) groups is 1. The van der Waals surface area contributed by atoms with Crippen molar-refractivity contribution in [1.29, 1.82) is 5.26 Å². The highest BCUT2D eigenvalue weighted by molar-refractivity contribution is 7.99. The topological polar surface area (TPSA) is 137 Å². The minimum absolute atomic E-state index is 0.00373. The molecular weight excluding hydrogens is 464 g/mol. The van der Waals surface area contributed by atoms with Gasteiger partial charge in [-0.05, 0) is 37.4 Å². The highest BCUT2D eigenvalue weighted by Crippen LogP contribution is 2.37. The van der Waals surface area contributed by atoms with E-state index < -0.39 is 33.7 Å². The third kappa shape index (κ3) is 5.28. The summed E-state index contributed by atoms with van der Waals surface area (Å²) in [7, 11) is 1.28. The third-order valence-corrected chi connectivity index (χ3v) is 5.10. The van der Waals surface area contributed by atoms with Crippen molar-refractivity contribution in [3.8, 4) is 23.3 Å². The Hall–Kier alpha value is -4.08. The fourth-order valence-electron chi connectivity index (χ4n) is 2.92. The van der Waals surface area contributed by atoms with Crippen molar-refractivity contribution in [2.75, 3.05) is 20.0 Å². The molecule has 176 valence electrons. The molecule has 1 aliphatic heterocycles. The largest absolute Gasteiger partial charge is 0.461 e. The first kappa shape index (κ1) is 24.6. The van der Waals surface area contributed by atoms with Gasteiger partial charge in [0.25, 0.3) is 0 Å². The Morgan fingerprint density at radius 2 is 1.97 bits per heavy atom. The van der Waals surface area contributed by atoms with E-state index in [1.165, 1.54) is 25.3 Å². The Kier molecular flexibility index (Phi) is 8.07. The highest BCUT2D eigenvalue weighted by Gasteiger charge is 2.44. The zero-order valence-corrected chi connectivity index (χ0v) is 19.3. The van der Waals surface area contributed by atoms with Crippen LogP contribution in [0, 0.1) is 21.4 Å². The maximum absolute atomic E-state index is 12.5. The standard InChI is InChI=1S/C22H20N4O7S/c1-4-31-21(27)18-19(26(28)29)20(25(30-2)22(24-18)34-3)33-17-12-14(13-23)10-11-16(17)32-15-8-6-5-7-9-15/h5-12,22H,4H2,1-3H3. The summed E-state index contributed by atoms with van der Waals surface area (Å²) in [5, 5.41) is 22.4. The van der Waals surface area contributed by atoms with Gasteiger partial charge in [-0.2, -0.15) is 10.3 Å². The van der Waals surface area contributed by atoms with E-state index in [2.05, 4.69) is 4.99 Å². The maximum Gasteiger partial charge on any atom is 0.364 e. The molecule has 0 saturated carbocycles. The van der Waals surface area contributed by atoms with E-state index in [9.17, 15) is 20.2 Å². The number of carbonyl (C=O) groups is 1. The predicted molar refractivity (Wildman–Crippen MR) is 123 cm³/mol. The molecule has 3 rings (SSSR count). The minimum atomic E-state index is -0.975. The number of ether oxygens (including phenoxy) is 3. The lowest BCUT2D eigenvalue weighted by molar-refractivity contribution is -0.421. The number of benzene rings is 2. The average molecular weight is 484 g/mol. The number of nitro groups is 1. The molecule has 1 heterocycles. The molecule has 12 heteroatoms. The van der Waals surface area contributed by atoms with Gasteiger partial charge in [-0.1, -0.05) is 18.2 Å². The van der Waals surface area contributed by atoms with E-state index in [0.717, 1.165) is 16.8 Å². The number of hydrogen-bond acceptors (Lipinski definition) is 11. The molecule has 11 nitrogen and oxygen atoms in total. The summed E-state index contributed by atoms with van der Waals surface area (Å²) >= 11 is 1.15. The molecule has 0 spiro atoms. The van der Waals surface area contributed by atoms with E-state index in [-0.39, 0.29) is 23.7 Å². The molecule has 0 aliphatic carbocycles. The number of para-hydroxylation sites is 1. The van der Waals surface area contributed by atoms with Gasteiger partial charge in [0.1, 0.15) is 5.75 Å². The number of nitriles is 1. The Balaban J connectivity index is 2.15. The summed E-state index contributed by atoms with van der Waals surface area (Å²) in [6.45, 7) is 1.57. The van der Waals surface area contributed by atoms with Crippen molar-refractivity contribution in [3.63, 3.8) is 0 Å². The summed E-state index contributed by atoms with van der Waals surface area (Å²) in [6, 6.07) is 15.1. The number of esters is 1. The Morgan fingerprint density at radius 3 is 2.56 bits per heavy atom. The van der Waals surface area contributed by atoms with Crippen molar-refractivity contribution < 1.29 is 28.8 Å². The van der Waals surface area contributed by atoms with Crippen molar-refractivity contribution in [1.82, 2.24) is 5.06 Å². The van der Waals surface area contributed by atoms with Crippen molar-refractivity contribution in [2.45, 2.75) is 12.4 Å². The fourth-order valence-corrected chi connectivity index (χ4v) is 3.50. The van der Waals surface area contributed by atoms with Gasteiger partial charge in [-0.25, -0.2) is 9.79 Å². The number of hydroxylamine groups is 2. The van der Waals surface area contributed by atoms with Crippen LogP contribution in [0.2, 0.25) is 0 Å². The second-order valence-electron chi connectivity index (χ2n) is 6.47. The SMILES string of the molecule is CCOC(=O)C1=NC(SC)N(OC)C(Oc2cc(C#N)ccc2Oc2ccccc2)=C1[N+](=O)[O-]. The Morgan fingerprint density at radius 1 is 1.24 bits per heavy atom. The number of carbonyl (C=O) groups excluding carboxylic acids is 1. The summed E-state index contributed by atoms with van der Waals surface area (Å²) in [4.78, 5) is 33.2. The first-order valence-corrected chi connectivity index (χ1v) is 11.2. The van der Waals surface area contributed by atoms with Crippen LogP contribution in [0.1, 0.15) is 12.5 Å². The molecule has 0 amide bonds. The predicted octanol–water partition coefficient (Wildman–Crippen LogP) is 3.70. The molecule has 0 N–H and O–H groups in total. The molecule has 0 fully saturated rings. The lowest BCUT2D eigenvalue weighted by Gasteiger charge is -2.31. The monoisotopic (exact) mass is 484 g/mol. The molecule has 0 radical (unpaired) electrons. The number of hydrogen-bond donors (Lipinski definition) is 0. The van der Waals surface area contributed by atoms with Gasteiger partial charge in [0.05, 0.1) is 30.3 Å². The Labute approximate surface area is 199 Å². The summed E-state index contributed by atoms with van der Waals surface area (Å²) in [5.74, 6) is -0.750. The van der Waals surface area contributed by atoms with Crippen LogP contribution in [0.25, 0.3) is 0 Å². The van der Waals surface area contributed by atoms with Gasteiger partial charge in [-0.15, -0.1) is 11.8 Å². The van der Waals surface area contributed by atoms with E-state index in [1.807, 2.05) is 12.1 Å². The molecule has 1 aliphatic rings. The molecule has 2 aromatic carbocycles. The van der Waals surface area contributed by atoms with Gasteiger partial charge in [0.15, 0.2) is 17.0 Å². The highest BCUT2D eigenvalue weighted by atomic mass is 32.2. The van der Waals surface area contributed by atoms with Crippen LogP contribution < -0.4 is 9.47 Å². The number of rotatable bonds is 9. The molecule has 0 aromatic heterocycles. The average Bonchev–Trinajstić information content (AvgIpc) is 2.84. The molecule has 1 unspecified atom stereocenters. The van der Waals surface area contributed by atoms with E-state index in [0.29, 0.717) is 5.75 Å². The zero-order chi connectivity index (χ0) is 24.7. The van der Waals surface area contributed by atoms with Crippen LogP contribution in [0.3, 0.4) is 0 Å². The van der Waals surface area contributed by atoms with Crippen LogP contribution in [0.5, 0.6) is 17.2 Å². The molecule has 0 bridgehead atoms. The maximum atomic E-state index is 12.5. The van der Waals surface area contributed by atoms with Crippen molar-refractivity contribution in [2.24, 2.45) is 4.99 Å². The van der Waals surface area contributed by atoms with Crippen LogP contribution in [0.4, 0.5) is 0 Å². The van der Waals surface area contributed by atoms with Crippen LogP contribution in [-0.2, 0) is 14.4 Å². The lowest BCUT2D eigenvalue weighted by Crippen LogP contribution is -2.42. The van der Waals surface area contributed by atoms with Gasteiger partial charge < -0.3 is 14.2 Å². The number of aliphatic imine (C=N–C) groups is 1. The first-order valence-electron chi connectivity index (χ1n) is 9.88. The van der Waals surface area contributed by atoms with E-state index in [4.69, 9.17) is 19.0 Å². The molecule has 0 saturated heterocycles. The zero-order valence-electron chi connectivity index (χ0n) is 18.5. The second-order valence-corrected chi connectivity index (χ2v) is 7.36. The van der Waals surface area contributed by atoms with Crippen molar-refractivity contribution >= 4 is 23.4 Å². The molecular formula is C22H20N4O7S. The molecule has 2 aromatic rings. The smallest absolute Gasteiger partial charge is 0.364 e. The quantitative estimate of drug-likeness (QED) is 0.294. The first-order chi connectivity index (χ1) is 16.4.